The van der Waals surface area contributed by atoms with E-state index < -0.39 is 12.0 Å². The van der Waals surface area contributed by atoms with Gasteiger partial charge in [0.1, 0.15) is 6.04 Å². The SMILES string of the molecule is COC(=O)Cc1ccc(C[C@H](N)C(=O)O)cc1. The summed E-state index contributed by atoms with van der Waals surface area (Å²) in [5, 5.41) is 8.66. The number of carbonyl (C=O) groups excluding carboxylic acids is 1. The number of esters is 1. The summed E-state index contributed by atoms with van der Waals surface area (Å²) in [6, 6.07) is 6.16. The van der Waals surface area contributed by atoms with Gasteiger partial charge in [0.15, 0.2) is 0 Å². The number of hydrogen-bond donors (Lipinski definition) is 2. The number of carbonyl (C=O) groups is 2. The first kappa shape index (κ1) is 13.2. The summed E-state index contributed by atoms with van der Waals surface area (Å²) in [5.74, 6) is -1.33. The second-order valence-electron chi connectivity index (χ2n) is 3.72. The monoisotopic (exact) mass is 237 g/mol. The Morgan fingerprint density at radius 1 is 1.29 bits per heavy atom. The summed E-state index contributed by atoms with van der Waals surface area (Å²) >= 11 is 0. The van der Waals surface area contributed by atoms with Crippen molar-refractivity contribution in [2.75, 3.05) is 7.11 Å². The Hall–Kier alpha value is -1.88. The van der Waals surface area contributed by atoms with Crippen LogP contribution in [-0.4, -0.2) is 30.2 Å². The van der Waals surface area contributed by atoms with Gasteiger partial charge in [-0.25, -0.2) is 0 Å². The van der Waals surface area contributed by atoms with Crippen molar-refractivity contribution in [2.24, 2.45) is 5.73 Å². The van der Waals surface area contributed by atoms with Crippen molar-refractivity contribution in [3.05, 3.63) is 35.4 Å². The molecule has 0 heterocycles. The van der Waals surface area contributed by atoms with Gasteiger partial charge in [-0.1, -0.05) is 24.3 Å². The minimum Gasteiger partial charge on any atom is -0.480 e. The molecule has 1 atom stereocenters. The second kappa shape index (κ2) is 6.00. The van der Waals surface area contributed by atoms with Crippen molar-refractivity contribution in [2.45, 2.75) is 18.9 Å². The van der Waals surface area contributed by atoms with Crippen molar-refractivity contribution < 1.29 is 19.4 Å². The van der Waals surface area contributed by atoms with Gasteiger partial charge in [0.25, 0.3) is 0 Å². The first-order valence-electron chi connectivity index (χ1n) is 5.16. The molecule has 0 bridgehead atoms. The third-order valence-electron chi connectivity index (χ3n) is 2.37. The lowest BCUT2D eigenvalue weighted by Gasteiger charge is -2.07. The van der Waals surface area contributed by atoms with E-state index in [1.54, 1.807) is 24.3 Å². The number of aliphatic carboxylic acids is 1. The lowest BCUT2D eigenvalue weighted by atomic mass is 10.0. The number of rotatable bonds is 5. The number of carboxylic acids is 1. The third kappa shape index (κ3) is 4.24. The fourth-order valence-corrected chi connectivity index (χ4v) is 1.37. The molecule has 0 amide bonds. The summed E-state index contributed by atoms with van der Waals surface area (Å²) < 4.78 is 4.54. The van der Waals surface area contributed by atoms with Gasteiger partial charge >= 0.3 is 11.9 Å². The average Bonchev–Trinajstić information content (AvgIpc) is 2.31. The molecule has 0 aliphatic heterocycles. The van der Waals surface area contributed by atoms with Crippen LogP contribution in [0, 0.1) is 0 Å². The van der Waals surface area contributed by atoms with E-state index in [1.807, 2.05) is 0 Å². The fraction of sp³-hybridized carbons (Fsp3) is 0.333. The fourth-order valence-electron chi connectivity index (χ4n) is 1.37. The molecule has 1 rings (SSSR count). The lowest BCUT2D eigenvalue weighted by molar-refractivity contribution is -0.140. The van der Waals surface area contributed by atoms with Crippen LogP contribution in [0.4, 0.5) is 0 Å². The van der Waals surface area contributed by atoms with Crippen molar-refractivity contribution in [3.8, 4) is 0 Å². The number of hydrogen-bond acceptors (Lipinski definition) is 4. The van der Waals surface area contributed by atoms with Crippen molar-refractivity contribution >= 4 is 11.9 Å². The minimum absolute atomic E-state index is 0.210. The van der Waals surface area contributed by atoms with E-state index >= 15 is 0 Å². The molecule has 0 aliphatic rings. The van der Waals surface area contributed by atoms with Crippen LogP contribution in [0.2, 0.25) is 0 Å². The molecule has 5 nitrogen and oxygen atoms in total. The van der Waals surface area contributed by atoms with Crippen LogP contribution in [0.15, 0.2) is 24.3 Å². The number of nitrogens with two attached hydrogens (primary N) is 1. The lowest BCUT2D eigenvalue weighted by Crippen LogP contribution is -2.32. The minimum atomic E-state index is -1.02. The van der Waals surface area contributed by atoms with Crippen LogP contribution in [0.5, 0.6) is 0 Å². The van der Waals surface area contributed by atoms with Gasteiger partial charge in [-0.3, -0.25) is 9.59 Å². The Balaban J connectivity index is 2.62. The Bertz CT molecular complexity index is 399. The van der Waals surface area contributed by atoms with Crippen LogP contribution in [0.1, 0.15) is 11.1 Å². The number of methoxy groups -OCH3 is 1. The van der Waals surface area contributed by atoms with Gasteiger partial charge < -0.3 is 15.6 Å². The molecule has 3 N–H and O–H groups in total. The highest BCUT2D eigenvalue weighted by atomic mass is 16.5. The third-order valence-corrected chi connectivity index (χ3v) is 2.37. The van der Waals surface area contributed by atoms with Gasteiger partial charge in [0.2, 0.25) is 0 Å². The Kier molecular flexibility index (Phi) is 4.66. The highest BCUT2D eigenvalue weighted by Gasteiger charge is 2.12. The van der Waals surface area contributed by atoms with Gasteiger partial charge in [-0.15, -0.1) is 0 Å². The van der Waals surface area contributed by atoms with E-state index in [4.69, 9.17) is 10.8 Å². The van der Waals surface area contributed by atoms with Crippen LogP contribution in [-0.2, 0) is 27.2 Å². The average molecular weight is 237 g/mol. The van der Waals surface area contributed by atoms with Crippen LogP contribution >= 0.6 is 0 Å². The van der Waals surface area contributed by atoms with E-state index in [9.17, 15) is 9.59 Å². The number of benzene rings is 1. The maximum Gasteiger partial charge on any atom is 0.320 e. The second-order valence-corrected chi connectivity index (χ2v) is 3.72. The van der Waals surface area contributed by atoms with E-state index in [0.29, 0.717) is 0 Å². The molecular weight excluding hydrogens is 222 g/mol. The Morgan fingerprint density at radius 2 is 1.82 bits per heavy atom. The molecule has 0 spiro atoms. The molecule has 17 heavy (non-hydrogen) atoms. The van der Waals surface area contributed by atoms with Crippen LogP contribution < -0.4 is 5.73 Å². The zero-order valence-corrected chi connectivity index (χ0v) is 9.55. The maximum absolute atomic E-state index is 11.0. The molecule has 1 aromatic rings. The molecule has 0 saturated carbocycles. The smallest absolute Gasteiger partial charge is 0.320 e. The first-order chi connectivity index (χ1) is 8.02. The molecular formula is C12H15NO4. The predicted octanol–water partition coefficient (Wildman–Crippen LogP) is 0.356. The highest BCUT2D eigenvalue weighted by molar-refractivity contribution is 5.73. The van der Waals surface area contributed by atoms with Crippen LogP contribution in [0.25, 0.3) is 0 Å². The van der Waals surface area contributed by atoms with Crippen molar-refractivity contribution in [1.29, 1.82) is 0 Å². The normalized spacial score (nSPS) is 11.9. The van der Waals surface area contributed by atoms with Crippen molar-refractivity contribution in [3.63, 3.8) is 0 Å². The zero-order chi connectivity index (χ0) is 12.8. The number of ether oxygens (including phenoxy) is 1. The largest absolute Gasteiger partial charge is 0.480 e. The summed E-state index contributed by atoms with van der Waals surface area (Å²) in [6.45, 7) is 0. The maximum atomic E-state index is 11.0. The Morgan fingerprint density at radius 3 is 2.29 bits per heavy atom. The summed E-state index contributed by atoms with van der Waals surface area (Å²) in [7, 11) is 1.34. The molecule has 1 aromatic carbocycles. The standard InChI is InChI=1S/C12H15NO4/c1-17-11(14)7-9-4-2-8(3-5-9)6-10(13)12(15)16/h2-5,10H,6-7,13H2,1H3,(H,15,16)/t10-/m0/s1. The number of carboxylic acid groups (broad SMARTS) is 1. The van der Waals surface area contributed by atoms with E-state index in [0.717, 1.165) is 11.1 Å². The summed E-state index contributed by atoms with van der Waals surface area (Å²) in [5.41, 5.74) is 7.07. The Labute approximate surface area is 99.2 Å². The zero-order valence-electron chi connectivity index (χ0n) is 9.55. The van der Waals surface area contributed by atoms with Crippen LogP contribution in [0.3, 0.4) is 0 Å². The van der Waals surface area contributed by atoms with E-state index in [1.165, 1.54) is 7.11 Å². The van der Waals surface area contributed by atoms with Crippen molar-refractivity contribution in [1.82, 2.24) is 0 Å². The van der Waals surface area contributed by atoms with Gasteiger partial charge in [-0.05, 0) is 17.5 Å². The quantitative estimate of drug-likeness (QED) is 0.721. The van der Waals surface area contributed by atoms with Gasteiger partial charge in [-0.2, -0.15) is 0 Å². The first-order valence-corrected chi connectivity index (χ1v) is 5.16. The molecule has 0 fully saturated rings. The highest BCUT2D eigenvalue weighted by Crippen LogP contribution is 2.07. The van der Waals surface area contributed by atoms with Gasteiger partial charge in [0.05, 0.1) is 13.5 Å². The molecule has 0 unspecified atom stereocenters. The molecule has 0 radical (unpaired) electrons. The van der Waals surface area contributed by atoms with E-state index in [2.05, 4.69) is 4.74 Å². The molecule has 92 valence electrons. The molecule has 0 aromatic heterocycles. The summed E-state index contributed by atoms with van der Waals surface area (Å²) in [4.78, 5) is 21.6. The summed E-state index contributed by atoms with van der Waals surface area (Å²) in [6.07, 6.45) is 0.482. The topological polar surface area (TPSA) is 89.6 Å². The van der Waals surface area contributed by atoms with E-state index in [-0.39, 0.29) is 18.8 Å². The molecule has 0 saturated heterocycles. The molecule has 5 heteroatoms. The predicted molar refractivity (Wildman–Crippen MR) is 61.5 cm³/mol. The molecule has 0 aliphatic carbocycles. The van der Waals surface area contributed by atoms with Gasteiger partial charge in [0, 0.05) is 0 Å².